The Morgan fingerprint density at radius 2 is 1.88 bits per heavy atom. The third kappa shape index (κ3) is 1.88. The lowest BCUT2D eigenvalue weighted by molar-refractivity contribution is -0.854. The Labute approximate surface area is 93.3 Å². The van der Waals surface area contributed by atoms with Crippen molar-refractivity contribution in [3.05, 3.63) is 40.8 Å². The Bertz CT molecular complexity index is 533. The van der Waals surface area contributed by atoms with Crippen LogP contribution in [0.3, 0.4) is 0 Å². The summed E-state index contributed by atoms with van der Waals surface area (Å²) in [5.74, 6) is 0. The summed E-state index contributed by atoms with van der Waals surface area (Å²) in [6.45, 7) is 5.93. The van der Waals surface area contributed by atoms with Gasteiger partial charge in [0.05, 0.1) is 0 Å². The summed E-state index contributed by atoms with van der Waals surface area (Å²) < 4.78 is 1.35. The van der Waals surface area contributed by atoms with Gasteiger partial charge in [-0.3, -0.25) is 0 Å². The molecule has 1 N–H and O–H groups in total. The maximum atomic E-state index is 11.7. The number of nitrogens with zero attached hydrogens (tertiary/aromatic N) is 3. The summed E-state index contributed by atoms with van der Waals surface area (Å²) in [5, 5.41) is 6.91. The average Bonchev–Trinajstić information content (AvgIpc) is 2.61. The summed E-state index contributed by atoms with van der Waals surface area (Å²) in [6, 6.07) is 9.33. The first-order chi connectivity index (χ1) is 7.48. The largest absolute Gasteiger partial charge is 0.471 e. The fourth-order valence-corrected chi connectivity index (χ4v) is 1.33. The van der Waals surface area contributed by atoms with Crippen LogP contribution in [0.2, 0.25) is 0 Å². The van der Waals surface area contributed by atoms with Gasteiger partial charge in [-0.05, 0) is 37.6 Å². The van der Waals surface area contributed by atoms with Crippen molar-refractivity contribution in [2.75, 3.05) is 0 Å². The van der Waals surface area contributed by atoms with E-state index in [0.717, 1.165) is 5.69 Å². The molecule has 0 amide bonds. The van der Waals surface area contributed by atoms with Crippen LogP contribution in [-0.4, -0.2) is 15.0 Å². The van der Waals surface area contributed by atoms with Crippen LogP contribution in [0.15, 0.2) is 35.1 Å². The molecule has 0 unspecified atom stereocenters. The Balaban J connectivity index is 2.53. The van der Waals surface area contributed by atoms with Crippen molar-refractivity contribution in [1.82, 2.24) is 15.0 Å². The fourth-order valence-electron chi connectivity index (χ4n) is 1.33. The second kappa shape index (κ2) is 3.59. The van der Waals surface area contributed by atoms with Crippen LogP contribution in [0.25, 0.3) is 5.69 Å². The minimum Gasteiger partial charge on any atom is -0.214 e. The molecule has 2 rings (SSSR count). The van der Waals surface area contributed by atoms with Crippen LogP contribution in [0, 0.1) is 0 Å². The Morgan fingerprint density at radius 1 is 1.25 bits per heavy atom. The maximum absolute atomic E-state index is 11.7. The second-order valence-corrected chi connectivity index (χ2v) is 4.64. The van der Waals surface area contributed by atoms with Crippen LogP contribution < -0.4 is 10.5 Å². The van der Waals surface area contributed by atoms with Crippen LogP contribution in [0.1, 0.15) is 20.8 Å². The third-order valence-electron chi connectivity index (χ3n) is 2.21. The van der Waals surface area contributed by atoms with E-state index in [1.54, 1.807) is 4.80 Å². The Kier molecular flexibility index (Phi) is 2.38. The van der Waals surface area contributed by atoms with Crippen LogP contribution in [0.4, 0.5) is 0 Å². The average molecular weight is 219 g/mol. The third-order valence-corrected chi connectivity index (χ3v) is 2.21. The lowest BCUT2D eigenvalue weighted by Gasteiger charge is -2.08. The van der Waals surface area contributed by atoms with E-state index in [2.05, 4.69) is 10.3 Å². The molecule has 16 heavy (non-hydrogen) atoms. The van der Waals surface area contributed by atoms with E-state index in [0.29, 0.717) is 0 Å². The highest BCUT2D eigenvalue weighted by Gasteiger charge is 2.25. The van der Waals surface area contributed by atoms with E-state index in [9.17, 15) is 4.79 Å². The summed E-state index contributed by atoms with van der Waals surface area (Å²) >= 11 is 0. The molecule has 0 bridgehead atoms. The first kappa shape index (κ1) is 10.6. The van der Waals surface area contributed by atoms with E-state index < -0.39 is 0 Å². The number of hydrogen-bond donors (Lipinski definition) is 1. The number of tetrazole rings is 1. The molecular weight excluding hydrogens is 204 g/mol. The zero-order valence-electron chi connectivity index (χ0n) is 9.64. The van der Waals surface area contributed by atoms with Crippen molar-refractivity contribution in [2.24, 2.45) is 0 Å². The summed E-state index contributed by atoms with van der Waals surface area (Å²) in [6.07, 6.45) is 0. The van der Waals surface area contributed by atoms with Gasteiger partial charge in [0.2, 0.25) is 0 Å². The van der Waals surface area contributed by atoms with Crippen molar-refractivity contribution < 1.29 is 4.80 Å². The second-order valence-electron chi connectivity index (χ2n) is 4.64. The van der Waals surface area contributed by atoms with E-state index >= 15 is 0 Å². The molecule has 5 nitrogen and oxygen atoms in total. The number of benzene rings is 1. The molecule has 1 heterocycles. The molecule has 2 aromatic rings. The van der Waals surface area contributed by atoms with E-state index in [4.69, 9.17) is 0 Å². The molecule has 1 aromatic carbocycles. The number of H-pyrrole nitrogens is 1. The van der Waals surface area contributed by atoms with Crippen molar-refractivity contribution in [3.63, 3.8) is 0 Å². The number of aromatic amines is 1. The molecule has 1 aromatic heterocycles. The first-order valence-electron chi connectivity index (χ1n) is 5.16. The minimum absolute atomic E-state index is 0.235. The van der Waals surface area contributed by atoms with Crippen LogP contribution >= 0.6 is 0 Å². The molecule has 0 fully saturated rings. The predicted molar refractivity (Wildman–Crippen MR) is 59.4 cm³/mol. The van der Waals surface area contributed by atoms with Gasteiger partial charge in [-0.15, -0.1) is 5.10 Å². The summed E-state index contributed by atoms with van der Waals surface area (Å²) in [7, 11) is 0. The van der Waals surface area contributed by atoms with Gasteiger partial charge in [0, 0.05) is 0 Å². The predicted octanol–water partition coefficient (Wildman–Crippen LogP) is 0.603. The van der Waals surface area contributed by atoms with Crippen molar-refractivity contribution >= 4 is 0 Å². The molecule has 0 aliphatic rings. The fraction of sp³-hybridized carbons (Fsp3) is 0.364. The zero-order chi connectivity index (χ0) is 11.8. The Hall–Kier alpha value is -1.91. The van der Waals surface area contributed by atoms with Crippen LogP contribution in [-0.2, 0) is 5.54 Å². The van der Waals surface area contributed by atoms with Gasteiger partial charge in [-0.1, -0.05) is 23.0 Å². The number of hydrogen-bond acceptors (Lipinski definition) is 2. The quantitative estimate of drug-likeness (QED) is 0.714. The minimum atomic E-state index is -0.237. The number of para-hydroxylation sites is 1. The van der Waals surface area contributed by atoms with Gasteiger partial charge in [0.15, 0.2) is 5.69 Å². The highest BCUT2D eigenvalue weighted by atomic mass is 16.2. The summed E-state index contributed by atoms with van der Waals surface area (Å²) in [5.41, 5.74) is 0.284. The highest BCUT2D eigenvalue weighted by Crippen LogP contribution is 2.02. The number of nitrogens with one attached hydrogen (secondary N) is 1. The van der Waals surface area contributed by atoms with Gasteiger partial charge in [-0.2, -0.15) is 0 Å². The van der Waals surface area contributed by atoms with E-state index in [-0.39, 0.29) is 11.2 Å². The molecule has 0 saturated heterocycles. The van der Waals surface area contributed by atoms with E-state index in [1.165, 1.54) is 4.68 Å². The van der Waals surface area contributed by atoms with Gasteiger partial charge in [0.1, 0.15) is 10.8 Å². The smallest absolute Gasteiger partial charge is 0.214 e. The monoisotopic (exact) mass is 219 g/mol. The van der Waals surface area contributed by atoms with Gasteiger partial charge in [-0.25, -0.2) is 4.79 Å². The highest BCUT2D eigenvalue weighted by molar-refractivity contribution is 5.28. The standard InChI is InChI=1S/C11H14N4O/c1-11(2,3)15-12-10(16)14(13-15)9-7-5-4-6-8-9/h4-8H,1-3H3/p+1. The molecule has 84 valence electrons. The Morgan fingerprint density at radius 3 is 2.38 bits per heavy atom. The maximum Gasteiger partial charge on any atom is 0.471 e. The number of aromatic nitrogens is 4. The lowest BCUT2D eigenvalue weighted by Crippen LogP contribution is -2.55. The van der Waals surface area contributed by atoms with Gasteiger partial charge >= 0.3 is 5.69 Å². The molecule has 0 aliphatic heterocycles. The van der Waals surface area contributed by atoms with Crippen molar-refractivity contribution in [1.29, 1.82) is 0 Å². The van der Waals surface area contributed by atoms with Crippen LogP contribution in [0.5, 0.6) is 0 Å². The molecule has 0 spiro atoms. The zero-order valence-corrected chi connectivity index (χ0v) is 9.64. The van der Waals surface area contributed by atoms with E-state index in [1.807, 2.05) is 51.1 Å². The van der Waals surface area contributed by atoms with Crippen molar-refractivity contribution in [2.45, 2.75) is 26.3 Å². The molecule has 0 radical (unpaired) electrons. The van der Waals surface area contributed by atoms with Gasteiger partial charge < -0.3 is 0 Å². The molecule has 0 aliphatic carbocycles. The normalized spacial score (nSPS) is 11.7. The molecule has 0 atom stereocenters. The topological polar surface area (TPSA) is 54.6 Å². The SMILES string of the molecule is CC(C)(C)[n+]1nn(-c2ccccc2)c(=O)[nH]1. The van der Waals surface area contributed by atoms with Gasteiger partial charge in [0.25, 0.3) is 0 Å². The lowest BCUT2D eigenvalue weighted by atomic mass is 10.1. The summed E-state index contributed by atoms with van der Waals surface area (Å²) in [4.78, 5) is 13.3. The first-order valence-corrected chi connectivity index (χ1v) is 5.16. The number of rotatable bonds is 1. The van der Waals surface area contributed by atoms with Crippen molar-refractivity contribution in [3.8, 4) is 5.69 Å². The molecule has 0 saturated carbocycles. The molecular formula is C11H15N4O+. The molecule has 5 heteroatoms.